The monoisotopic (exact) mass is 190 g/mol. The summed E-state index contributed by atoms with van der Waals surface area (Å²) in [6, 6.07) is 7.14. The molecular formula is C12H14O2. The summed E-state index contributed by atoms with van der Waals surface area (Å²) in [4.78, 5) is 10.8. The molecule has 0 aromatic heterocycles. The van der Waals surface area contributed by atoms with Gasteiger partial charge in [0.2, 0.25) is 0 Å². The molecule has 0 unspecified atom stereocenters. The quantitative estimate of drug-likeness (QED) is 0.741. The molecule has 0 saturated carbocycles. The Morgan fingerprint density at radius 1 is 1.43 bits per heavy atom. The van der Waals surface area contributed by atoms with Gasteiger partial charge in [0.05, 0.1) is 5.56 Å². The van der Waals surface area contributed by atoms with Gasteiger partial charge in [0.15, 0.2) is 0 Å². The summed E-state index contributed by atoms with van der Waals surface area (Å²) in [7, 11) is 0. The van der Waals surface area contributed by atoms with Crippen LogP contribution in [0.5, 0.6) is 0 Å². The van der Waals surface area contributed by atoms with Crippen molar-refractivity contribution >= 4 is 5.97 Å². The van der Waals surface area contributed by atoms with Gasteiger partial charge in [-0.2, -0.15) is 0 Å². The van der Waals surface area contributed by atoms with Gasteiger partial charge < -0.3 is 5.11 Å². The Hall–Kier alpha value is -1.57. The maximum absolute atomic E-state index is 10.8. The minimum absolute atomic E-state index is 0.414. The lowest BCUT2D eigenvalue weighted by Gasteiger charge is -2.03. The van der Waals surface area contributed by atoms with Crippen molar-refractivity contribution in [1.29, 1.82) is 0 Å². The van der Waals surface area contributed by atoms with Crippen LogP contribution in [0, 0.1) is 0 Å². The van der Waals surface area contributed by atoms with E-state index in [1.165, 1.54) is 0 Å². The van der Waals surface area contributed by atoms with Crippen molar-refractivity contribution in [2.75, 3.05) is 0 Å². The van der Waals surface area contributed by atoms with Crippen molar-refractivity contribution < 1.29 is 9.90 Å². The number of aromatic carboxylic acids is 1. The highest BCUT2D eigenvalue weighted by Gasteiger charge is 2.07. The Morgan fingerprint density at radius 2 is 2.14 bits per heavy atom. The molecule has 0 aliphatic heterocycles. The number of carbonyl (C=O) groups is 1. The zero-order valence-electron chi connectivity index (χ0n) is 8.23. The molecule has 0 amide bonds. The summed E-state index contributed by atoms with van der Waals surface area (Å²) < 4.78 is 0. The van der Waals surface area contributed by atoms with Gasteiger partial charge in [0.25, 0.3) is 0 Å². The molecule has 0 spiro atoms. The molecule has 0 aliphatic carbocycles. The molecule has 1 N–H and O–H groups in total. The third-order valence-corrected chi connectivity index (χ3v) is 2.06. The number of benzene rings is 1. The first-order valence-electron chi connectivity index (χ1n) is 4.68. The average Bonchev–Trinajstić information content (AvgIpc) is 2.19. The number of carboxylic acids is 1. The third kappa shape index (κ3) is 2.73. The van der Waals surface area contributed by atoms with E-state index < -0.39 is 5.97 Å². The molecule has 0 saturated heterocycles. The molecule has 0 atom stereocenters. The smallest absolute Gasteiger partial charge is 0.335 e. The molecule has 1 aromatic rings. The van der Waals surface area contributed by atoms with Crippen LogP contribution in [0.1, 0.15) is 29.3 Å². The minimum atomic E-state index is -0.846. The molecule has 0 radical (unpaired) electrons. The van der Waals surface area contributed by atoms with Gasteiger partial charge >= 0.3 is 5.97 Å². The molecule has 0 bridgehead atoms. The fraction of sp³-hybridized carbons (Fsp3) is 0.250. The van der Waals surface area contributed by atoms with Gasteiger partial charge in [-0.1, -0.05) is 30.4 Å². The predicted octanol–water partition coefficient (Wildman–Crippen LogP) is 2.89. The Bertz CT molecular complexity index is 340. The molecule has 14 heavy (non-hydrogen) atoms. The van der Waals surface area contributed by atoms with Crippen molar-refractivity contribution in [3.63, 3.8) is 0 Å². The van der Waals surface area contributed by atoms with E-state index >= 15 is 0 Å². The standard InChI is InChI=1S/C12H14O2/c1-2-3-4-7-10-8-5-6-9-11(10)12(13)14/h2-3,5-6,8-9H,4,7H2,1H3,(H,13,14). The summed E-state index contributed by atoms with van der Waals surface area (Å²) in [5.74, 6) is -0.846. The summed E-state index contributed by atoms with van der Waals surface area (Å²) in [5, 5.41) is 8.90. The van der Waals surface area contributed by atoms with E-state index in [1.54, 1.807) is 12.1 Å². The molecular weight excluding hydrogens is 176 g/mol. The topological polar surface area (TPSA) is 37.3 Å². The first-order chi connectivity index (χ1) is 6.75. The second-order valence-corrected chi connectivity index (χ2v) is 3.07. The van der Waals surface area contributed by atoms with Crippen molar-refractivity contribution in [2.45, 2.75) is 19.8 Å². The second kappa shape index (κ2) is 5.22. The zero-order valence-corrected chi connectivity index (χ0v) is 8.23. The van der Waals surface area contributed by atoms with Crippen LogP contribution >= 0.6 is 0 Å². The lowest BCUT2D eigenvalue weighted by molar-refractivity contribution is 0.0695. The predicted molar refractivity (Wildman–Crippen MR) is 56.5 cm³/mol. The van der Waals surface area contributed by atoms with E-state index in [4.69, 9.17) is 5.11 Å². The number of rotatable bonds is 4. The molecule has 0 heterocycles. The van der Waals surface area contributed by atoms with Crippen LogP contribution in [0.3, 0.4) is 0 Å². The van der Waals surface area contributed by atoms with Gasteiger partial charge in [-0.05, 0) is 31.4 Å². The fourth-order valence-corrected chi connectivity index (χ4v) is 1.35. The first-order valence-corrected chi connectivity index (χ1v) is 4.68. The average molecular weight is 190 g/mol. The Kier molecular flexibility index (Phi) is 3.92. The highest BCUT2D eigenvalue weighted by Crippen LogP contribution is 2.11. The maximum atomic E-state index is 10.8. The summed E-state index contributed by atoms with van der Waals surface area (Å²) in [5.41, 5.74) is 1.31. The molecule has 0 fully saturated rings. The third-order valence-electron chi connectivity index (χ3n) is 2.06. The number of hydrogen-bond acceptors (Lipinski definition) is 1. The normalized spacial score (nSPS) is 10.6. The van der Waals surface area contributed by atoms with Gasteiger partial charge in [0, 0.05) is 0 Å². The van der Waals surface area contributed by atoms with E-state index in [0.29, 0.717) is 5.56 Å². The fourth-order valence-electron chi connectivity index (χ4n) is 1.35. The van der Waals surface area contributed by atoms with Crippen LogP contribution in [-0.4, -0.2) is 11.1 Å². The van der Waals surface area contributed by atoms with Crippen LogP contribution in [0.25, 0.3) is 0 Å². The molecule has 1 aromatic carbocycles. The van der Waals surface area contributed by atoms with E-state index in [1.807, 2.05) is 31.2 Å². The number of hydrogen-bond donors (Lipinski definition) is 1. The van der Waals surface area contributed by atoms with Crippen molar-refractivity contribution in [3.05, 3.63) is 47.5 Å². The van der Waals surface area contributed by atoms with Crippen LogP contribution in [0.4, 0.5) is 0 Å². The van der Waals surface area contributed by atoms with Crippen molar-refractivity contribution in [3.8, 4) is 0 Å². The number of carboxylic acid groups (broad SMARTS) is 1. The van der Waals surface area contributed by atoms with E-state index in [-0.39, 0.29) is 0 Å². The van der Waals surface area contributed by atoms with Crippen molar-refractivity contribution in [2.24, 2.45) is 0 Å². The molecule has 74 valence electrons. The highest BCUT2D eigenvalue weighted by molar-refractivity contribution is 5.89. The van der Waals surface area contributed by atoms with Gasteiger partial charge in [0.1, 0.15) is 0 Å². The summed E-state index contributed by atoms with van der Waals surface area (Å²) >= 11 is 0. The van der Waals surface area contributed by atoms with E-state index in [0.717, 1.165) is 18.4 Å². The summed E-state index contributed by atoms with van der Waals surface area (Å²) in [6.07, 6.45) is 5.69. The van der Waals surface area contributed by atoms with Crippen LogP contribution < -0.4 is 0 Å². The summed E-state index contributed by atoms with van der Waals surface area (Å²) in [6.45, 7) is 1.96. The minimum Gasteiger partial charge on any atom is -0.478 e. The molecule has 2 heteroatoms. The maximum Gasteiger partial charge on any atom is 0.335 e. The van der Waals surface area contributed by atoms with Crippen molar-refractivity contribution in [1.82, 2.24) is 0 Å². The number of aryl methyl sites for hydroxylation is 1. The molecule has 2 nitrogen and oxygen atoms in total. The lowest BCUT2D eigenvalue weighted by atomic mass is 10.0. The largest absolute Gasteiger partial charge is 0.478 e. The van der Waals surface area contributed by atoms with Crippen LogP contribution in [0.15, 0.2) is 36.4 Å². The molecule has 1 rings (SSSR count). The SMILES string of the molecule is CC=CCCc1ccccc1C(=O)O. The Balaban J connectivity index is 2.79. The number of allylic oxidation sites excluding steroid dienone is 2. The van der Waals surface area contributed by atoms with E-state index in [9.17, 15) is 4.79 Å². The van der Waals surface area contributed by atoms with E-state index in [2.05, 4.69) is 0 Å². The van der Waals surface area contributed by atoms with Gasteiger partial charge in [-0.3, -0.25) is 0 Å². The zero-order chi connectivity index (χ0) is 10.4. The lowest BCUT2D eigenvalue weighted by Crippen LogP contribution is -2.01. The van der Waals surface area contributed by atoms with Gasteiger partial charge in [-0.25, -0.2) is 4.79 Å². The Labute approximate surface area is 83.9 Å². The molecule has 0 aliphatic rings. The second-order valence-electron chi connectivity index (χ2n) is 3.07. The van der Waals surface area contributed by atoms with Crippen LogP contribution in [-0.2, 0) is 6.42 Å². The Morgan fingerprint density at radius 3 is 2.79 bits per heavy atom. The van der Waals surface area contributed by atoms with Crippen LogP contribution in [0.2, 0.25) is 0 Å². The highest BCUT2D eigenvalue weighted by atomic mass is 16.4. The first kappa shape index (κ1) is 10.5. The van der Waals surface area contributed by atoms with Gasteiger partial charge in [-0.15, -0.1) is 0 Å².